The SMILES string of the molecule is CC1=C(C(=O)Nc2ccccc2C(=O)O)SCC1S(=O)(=O)Nc1ccc(I)cc1. The summed E-state index contributed by atoms with van der Waals surface area (Å²) < 4.78 is 29.1. The molecule has 0 radical (unpaired) electrons. The van der Waals surface area contributed by atoms with E-state index in [9.17, 15) is 23.1 Å². The number of nitrogens with one attached hydrogen (secondary N) is 2. The van der Waals surface area contributed by atoms with Gasteiger partial charge in [-0.3, -0.25) is 9.52 Å². The number of aromatic carboxylic acids is 1. The number of benzene rings is 2. The van der Waals surface area contributed by atoms with Crippen molar-refractivity contribution >= 4 is 67.6 Å². The first-order valence-electron chi connectivity index (χ1n) is 8.43. The molecule has 3 rings (SSSR count). The first-order valence-corrected chi connectivity index (χ1v) is 12.0. The van der Waals surface area contributed by atoms with Gasteiger partial charge in [-0.1, -0.05) is 12.1 Å². The normalized spacial score (nSPS) is 16.6. The topological polar surface area (TPSA) is 113 Å². The van der Waals surface area contributed by atoms with Crippen molar-refractivity contribution in [2.24, 2.45) is 0 Å². The Morgan fingerprint density at radius 1 is 1.14 bits per heavy atom. The van der Waals surface area contributed by atoms with Crippen molar-refractivity contribution in [2.45, 2.75) is 12.2 Å². The van der Waals surface area contributed by atoms with Gasteiger partial charge < -0.3 is 10.4 Å². The Balaban J connectivity index is 1.80. The highest BCUT2D eigenvalue weighted by atomic mass is 127. The summed E-state index contributed by atoms with van der Waals surface area (Å²) in [5, 5.41) is 11.0. The number of halogens is 1. The maximum absolute atomic E-state index is 12.8. The molecule has 3 N–H and O–H groups in total. The molecule has 10 heteroatoms. The highest BCUT2D eigenvalue weighted by Crippen LogP contribution is 2.36. The smallest absolute Gasteiger partial charge is 0.337 e. The van der Waals surface area contributed by atoms with E-state index in [4.69, 9.17) is 0 Å². The predicted molar refractivity (Wildman–Crippen MR) is 123 cm³/mol. The van der Waals surface area contributed by atoms with Gasteiger partial charge in [0.05, 0.1) is 16.2 Å². The van der Waals surface area contributed by atoms with Gasteiger partial charge in [-0.15, -0.1) is 11.8 Å². The molecule has 1 amide bonds. The standard InChI is InChI=1S/C19H17IN2O5S2/c1-11-16(29(26,27)22-13-8-6-12(20)7-9-13)10-28-17(11)18(23)21-15-5-3-2-4-14(15)19(24)25/h2-9,16,22H,10H2,1H3,(H,21,23)(H,24,25). The van der Waals surface area contributed by atoms with Crippen LogP contribution in [-0.2, 0) is 14.8 Å². The van der Waals surface area contributed by atoms with Crippen LogP contribution < -0.4 is 10.0 Å². The number of hydrogen-bond acceptors (Lipinski definition) is 5. The average Bonchev–Trinajstić information content (AvgIpc) is 3.06. The molecule has 0 aromatic heterocycles. The van der Waals surface area contributed by atoms with Gasteiger partial charge in [-0.2, -0.15) is 0 Å². The minimum Gasteiger partial charge on any atom is -0.478 e. The minimum atomic E-state index is -3.74. The molecular formula is C19H17IN2O5S2. The van der Waals surface area contributed by atoms with Crippen molar-refractivity contribution in [1.82, 2.24) is 0 Å². The Hall–Kier alpha value is -2.05. The van der Waals surface area contributed by atoms with Crippen molar-refractivity contribution in [1.29, 1.82) is 0 Å². The van der Waals surface area contributed by atoms with Gasteiger partial charge in [-0.25, -0.2) is 13.2 Å². The second kappa shape index (κ2) is 8.76. The van der Waals surface area contributed by atoms with E-state index in [0.29, 0.717) is 11.3 Å². The molecule has 1 heterocycles. The van der Waals surface area contributed by atoms with E-state index in [2.05, 4.69) is 32.6 Å². The molecule has 1 aliphatic rings. The van der Waals surface area contributed by atoms with Crippen LogP contribution in [0.25, 0.3) is 0 Å². The molecule has 2 aromatic rings. The summed E-state index contributed by atoms with van der Waals surface area (Å²) in [5.74, 6) is -1.48. The number of carbonyl (C=O) groups is 2. The third-order valence-corrected chi connectivity index (χ3v) is 8.33. The van der Waals surface area contributed by atoms with Gasteiger partial charge in [-0.05, 0) is 71.5 Å². The van der Waals surface area contributed by atoms with Crippen molar-refractivity contribution in [3.05, 3.63) is 68.1 Å². The number of sulfonamides is 1. The third kappa shape index (κ3) is 4.93. The molecule has 0 spiro atoms. The van der Waals surface area contributed by atoms with Crippen LogP contribution in [0.1, 0.15) is 17.3 Å². The first-order chi connectivity index (χ1) is 13.7. The van der Waals surface area contributed by atoms with Crippen molar-refractivity contribution in [3.63, 3.8) is 0 Å². The van der Waals surface area contributed by atoms with Crippen LogP contribution in [0, 0.1) is 3.57 Å². The molecule has 0 aliphatic carbocycles. The number of carboxylic acids is 1. The van der Waals surface area contributed by atoms with Crippen LogP contribution in [0.15, 0.2) is 59.0 Å². The lowest BCUT2D eigenvalue weighted by Gasteiger charge is -2.15. The van der Waals surface area contributed by atoms with Crippen molar-refractivity contribution in [3.8, 4) is 0 Å². The highest BCUT2D eigenvalue weighted by molar-refractivity contribution is 14.1. The van der Waals surface area contributed by atoms with Crippen LogP contribution in [0.4, 0.5) is 11.4 Å². The Bertz CT molecular complexity index is 1100. The van der Waals surface area contributed by atoms with E-state index in [1.54, 1.807) is 43.3 Å². The number of para-hydroxylation sites is 1. The lowest BCUT2D eigenvalue weighted by molar-refractivity contribution is -0.112. The molecule has 0 saturated heterocycles. The second-order valence-corrected chi connectivity index (χ2v) is 10.4. The van der Waals surface area contributed by atoms with E-state index in [-0.39, 0.29) is 21.9 Å². The summed E-state index contributed by atoms with van der Waals surface area (Å²) in [4.78, 5) is 24.3. The van der Waals surface area contributed by atoms with Crippen LogP contribution >= 0.6 is 34.4 Å². The van der Waals surface area contributed by atoms with E-state index < -0.39 is 27.1 Å². The predicted octanol–water partition coefficient (Wildman–Crippen LogP) is 3.76. The summed E-state index contributed by atoms with van der Waals surface area (Å²) >= 11 is 3.27. The number of thioether (sulfide) groups is 1. The molecule has 29 heavy (non-hydrogen) atoms. The van der Waals surface area contributed by atoms with Gasteiger partial charge in [0, 0.05) is 15.0 Å². The molecule has 7 nitrogen and oxygen atoms in total. The second-order valence-electron chi connectivity index (χ2n) is 6.27. The molecular weight excluding hydrogens is 527 g/mol. The summed E-state index contributed by atoms with van der Waals surface area (Å²) in [6, 6.07) is 13.0. The van der Waals surface area contributed by atoms with Gasteiger partial charge in [0.15, 0.2) is 0 Å². The van der Waals surface area contributed by atoms with Crippen LogP contribution in [0.2, 0.25) is 0 Å². The van der Waals surface area contributed by atoms with Gasteiger partial charge in [0.1, 0.15) is 5.25 Å². The number of anilines is 2. The number of hydrogen-bond donors (Lipinski definition) is 3. The van der Waals surface area contributed by atoms with E-state index in [0.717, 1.165) is 15.3 Å². The van der Waals surface area contributed by atoms with Gasteiger partial charge >= 0.3 is 5.97 Å². The van der Waals surface area contributed by atoms with Gasteiger partial charge in [0.25, 0.3) is 5.91 Å². The lowest BCUT2D eigenvalue weighted by Crippen LogP contribution is -2.29. The molecule has 0 bridgehead atoms. The largest absolute Gasteiger partial charge is 0.478 e. The zero-order valence-electron chi connectivity index (χ0n) is 15.2. The maximum atomic E-state index is 12.8. The Morgan fingerprint density at radius 2 is 1.79 bits per heavy atom. The van der Waals surface area contributed by atoms with Crippen molar-refractivity contribution < 1.29 is 23.1 Å². The quantitative estimate of drug-likeness (QED) is 0.478. The minimum absolute atomic E-state index is 0.0355. The molecule has 2 aromatic carbocycles. The van der Waals surface area contributed by atoms with Crippen LogP contribution in [0.3, 0.4) is 0 Å². The van der Waals surface area contributed by atoms with Gasteiger partial charge in [0.2, 0.25) is 10.0 Å². The first kappa shape index (κ1) is 21.7. The fraction of sp³-hybridized carbons (Fsp3) is 0.158. The molecule has 1 aliphatic heterocycles. The zero-order chi connectivity index (χ0) is 21.2. The maximum Gasteiger partial charge on any atom is 0.337 e. The van der Waals surface area contributed by atoms with E-state index in [1.807, 2.05) is 0 Å². The number of carbonyl (C=O) groups excluding carboxylic acids is 1. The summed E-state index contributed by atoms with van der Waals surface area (Å²) in [7, 11) is -3.74. The molecule has 152 valence electrons. The summed E-state index contributed by atoms with van der Waals surface area (Å²) in [6.07, 6.45) is 0. The molecule has 0 fully saturated rings. The third-order valence-electron chi connectivity index (χ3n) is 4.31. The lowest BCUT2D eigenvalue weighted by atomic mass is 10.1. The summed E-state index contributed by atoms with van der Waals surface area (Å²) in [5.41, 5.74) is 1.01. The van der Waals surface area contributed by atoms with E-state index in [1.165, 1.54) is 12.1 Å². The Labute approximate surface area is 186 Å². The Morgan fingerprint density at radius 3 is 2.45 bits per heavy atom. The molecule has 1 atom stereocenters. The fourth-order valence-corrected chi connectivity index (χ4v) is 6.49. The van der Waals surface area contributed by atoms with E-state index >= 15 is 0 Å². The van der Waals surface area contributed by atoms with Crippen LogP contribution in [0.5, 0.6) is 0 Å². The number of carboxylic acid groups (broad SMARTS) is 1. The van der Waals surface area contributed by atoms with Crippen LogP contribution in [-0.4, -0.2) is 36.4 Å². The molecule has 0 saturated carbocycles. The number of amides is 1. The monoisotopic (exact) mass is 544 g/mol. The zero-order valence-corrected chi connectivity index (χ0v) is 19.0. The number of rotatable bonds is 6. The molecule has 1 unspecified atom stereocenters. The average molecular weight is 544 g/mol. The van der Waals surface area contributed by atoms with Crippen molar-refractivity contribution in [2.75, 3.05) is 15.8 Å². The highest BCUT2D eigenvalue weighted by Gasteiger charge is 2.36. The summed E-state index contributed by atoms with van der Waals surface area (Å²) in [6.45, 7) is 1.61. The Kier molecular flexibility index (Phi) is 6.54. The fourth-order valence-electron chi connectivity index (χ4n) is 2.82.